The number of fused-ring (bicyclic) bond motifs is 1. The molecule has 1 heterocycles. The minimum absolute atomic E-state index is 0.724. The summed E-state index contributed by atoms with van der Waals surface area (Å²) in [7, 11) is 1.64. The fraction of sp³-hybridized carbons (Fsp3) is 0.111. The Kier molecular flexibility index (Phi) is 1.43. The van der Waals surface area contributed by atoms with E-state index in [0.717, 1.165) is 22.3 Å². The van der Waals surface area contributed by atoms with Gasteiger partial charge in [0.2, 0.25) is 0 Å². The van der Waals surface area contributed by atoms with Crippen molar-refractivity contribution < 1.29 is 4.74 Å². The monoisotopic (exact) mass is 162 g/mol. The van der Waals surface area contributed by atoms with Gasteiger partial charge in [-0.05, 0) is 12.1 Å². The van der Waals surface area contributed by atoms with Gasteiger partial charge in [-0.3, -0.25) is 0 Å². The molecule has 3 nitrogen and oxygen atoms in total. The number of nitrogens with one attached hydrogen (secondary N) is 1. The van der Waals surface area contributed by atoms with Gasteiger partial charge in [0, 0.05) is 6.20 Å². The number of hydrogen-bond donors (Lipinski definition) is 2. The fourth-order valence-corrected chi connectivity index (χ4v) is 1.35. The highest BCUT2D eigenvalue weighted by molar-refractivity contribution is 5.96. The lowest BCUT2D eigenvalue weighted by atomic mass is 10.2. The molecule has 3 heteroatoms. The molecule has 0 amide bonds. The maximum absolute atomic E-state index is 5.74. The number of nitrogen functional groups attached to an aromatic ring is 1. The van der Waals surface area contributed by atoms with Crippen molar-refractivity contribution in [2.45, 2.75) is 0 Å². The van der Waals surface area contributed by atoms with Gasteiger partial charge in [0.1, 0.15) is 5.75 Å². The number of aromatic amines is 1. The highest BCUT2D eigenvalue weighted by Gasteiger charge is 2.04. The first-order valence-corrected chi connectivity index (χ1v) is 3.72. The standard InChI is InChI=1S/C9H10N2O/c1-12-8-4-2-3-7-9(8)6(10)5-11-7/h2-5,11H,10H2,1H3. The number of methoxy groups -OCH3 is 1. The zero-order valence-electron chi connectivity index (χ0n) is 6.79. The van der Waals surface area contributed by atoms with E-state index in [2.05, 4.69) is 4.98 Å². The fourth-order valence-electron chi connectivity index (χ4n) is 1.35. The van der Waals surface area contributed by atoms with Crippen molar-refractivity contribution in [1.82, 2.24) is 4.98 Å². The van der Waals surface area contributed by atoms with Crippen molar-refractivity contribution in [1.29, 1.82) is 0 Å². The summed E-state index contributed by atoms with van der Waals surface area (Å²) in [5.74, 6) is 0.811. The summed E-state index contributed by atoms with van der Waals surface area (Å²) < 4.78 is 5.17. The van der Waals surface area contributed by atoms with Crippen molar-refractivity contribution in [2.75, 3.05) is 12.8 Å². The molecule has 12 heavy (non-hydrogen) atoms. The highest BCUT2D eigenvalue weighted by Crippen LogP contribution is 2.29. The molecule has 0 unspecified atom stereocenters. The van der Waals surface area contributed by atoms with Crippen LogP contribution in [-0.2, 0) is 0 Å². The molecule has 0 aliphatic rings. The van der Waals surface area contributed by atoms with E-state index in [0.29, 0.717) is 0 Å². The molecule has 0 aliphatic carbocycles. The molecule has 0 fully saturated rings. The Bertz CT molecular complexity index is 406. The molecule has 2 rings (SSSR count). The van der Waals surface area contributed by atoms with Crippen LogP contribution in [0.1, 0.15) is 0 Å². The van der Waals surface area contributed by atoms with E-state index in [1.165, 1.54) is 0 Å². The molecule has 0 spiro atoms. The van der Waals surface area contributed by atoms with Gasteiger partial charge in [-0.1, -0.05) is 6.07 Å². The Balaban J connectivity index is 2.84. The van der Waals surface area contributed by atoms with Gasteiger partial charge < -0.3 is 15.5 Å². The molecule has 0 bridgehead atoms. The Hall–Kier alpha value is -1.64. The van der Waals surface area contributed by atoms with Gasteiger partial charge in [0.25, 0.3) is 0 Å². The van der Waals surface area contributed by atoms with Crippen LogP contribution in [0.3, 0.4) is 0 Å². The molecule has 0 atom stereocenters. The molecular formula is C9H10N2O. The van der Waals surface area contributed by atoms with Gasteiger partial charge in [-0.25, -0.2) is 0 Å². The first-order chi connectivity index (χ1) is 5.83. The van der Waals surface area contributed by atoms with E-state index in [9.17, 15) is 0 Å². The molecule has 0 aliphatic heterocycles. The third-order valence-electron chi connectivity index (χ3n) is 1.92. The molecule has 0 radical (unpaired) electrons. The predicted molar refractivity (Wildman–Crippen MR) is 49.3 cm³/mol. The smallest absolute Gasteiger partial charge is 0.130 e. The molecule has 3 N–H and O–H groups in total. The van der Waals surface area contributed by atoms with Crippen LogP contribution in [0, 0.1) is 0 Å². The number of hydrogen-bond acceptors (Lipinski definition) is 2. The number of aromatic nitrogens is 1. The van der Waals surface area contributed by atoms with Gasteiger partial charge >= 0.3 is 0 Å². The average Bonchev–Trinajstić information content (AvgIpc) is 2.48. The zero-order valence-corrected chi connectivity index (χ0v) is 6.79. The number of nitrogens with two attached hydrogens (primary N) is 1. The predicted octanol–water partition coefficient (Wildman–Crippen LogP) is 1.76. The lowest BCUT2D eigenvalue weighted by Crippen LogP contribution is -1.86. The maximum Gasteiger partial charge on any atom is 0.130 e. The Morgan fingerprint density at radius 3 is 3.00 bits per heavy atom. The molecule has 62 valence electrons. The van der Waals surface area contributed by atoms with Gasteiger partial charge in [0.05, 0.1) is 23.7 Å². The molecular weight excluding hydrogens is 152 g/mol. The third-order valence-corrected chi connectivity index (χ3v) is 1.92. The van der Waals surface area contributed by atoms with Crippen LogP contribution >= 0.6 is 0 Å². The van der Waals surface area contributed by atoms with E-state index in [1.54, 1.807) is 13.3 Å². The second kappa shape index (κ2) is 2.44. The Morgan fingerprint density at radius 1 is 1.42 bits per heavy atom. The summed E-state index contributed by atoms with van der Waals surface area (Å²) in [5, 5.41) is 0.958. The van der Waals surface area contributed by atoms with Crippen LogP contribution in [0.25, 0.3) is 10.9 Å². The number of rotatable bonds is 1. The molecule has 0 saturated carbocycles. The second-order valence-electron chi connectivity index (χ2n) is 2.63. The van der Waals surface area contributed by atoms with Crippen LogP contribution in [0.5, 0.6) is 5.75 Å². The van der Waals surface area contributed by atoms with E-state index in [1.807, 2.05) is 18.2 Å². The minimum Gasteiger partial charge on any atom is -0.496 e. The van der Waals surface area contributed by atoms with Crippen LogP contribution < -0.4 is 10.5 Å². The first-order valence-electron chi connectivity index (χ1n) is 3.72. The van der Waals surface area contributed by atoms with Crippen molar-refractivity contribution in [3.8, 4) is 5.75 Å². The first kappa shape index (κ1) is 7.03. The second-order valence-corrected chi connectivity index (χ2v) is 2.63. The van der Waals surface area contributed by atoms with Crippen molar-refractivity contribution in [3.63, 3.8) is 0 Å². The van der Waals surface area contributed by atoms with Crippen molar-refractivity contribution in [3.05, 3.63) is 24.4 Å². The Labute approximate surface area is 70.1 Å². The lowest BCUT2D eigenvalue weighted by molar-refractivity contribution is 0.420. The number of ether oxygens (including phenoxy) is 1. The van der Waals surface area contributed by atoms with Crippen molar-refractivity contribution >= 4 is 16.6 Å². The Morgan fingerprint density at radius 2 is 2.25 bits per heavy atom. The number of anilines is 1. The van der Waals surface area contributed by atoms with Crippen LogP contribution in [0.15, 0.2) is 24.4 Å². The molecule has 1 aromatic heterocycles. The molecule has 1 aromatic carbocycles. The highest BCUT2D eigenvalue weighted by atomic mass is 16.5. The summed E-state index contributed by atoms with van der Waals surface area (Å²) in [5.41, 5.74) is 7.47. The normalized spacial score (nSPS) is 10.4. The zero-order chi connectivity index (χ0) is 8.55. The third kappa shape index (κ3) is 0.830. The molecule has 0 saturated heterocycles. The number of H-pyrrole nitrogens is 1. The number of benzene rings is 1. The van der Waals surface area contributed by atoms with E-state index in [-0.39, 0.29) is 0 Å². The van der Waals surface area contributed by atoms with Crippen molar-refractivity contribution in [2.24, 2.45) is 0 Å². The summed E-state index contributed by atoms with van der Waals surface area (Å²) in [6.45, 7) is 0. The summed E-state index contributed by atoms with van der Waals surface area (Å²) in [4.78, 5) is 3.06. The van der Waals surface area contributed by atoms with E-state index >= 15 is 0 Å². The maximum atomic E-state index is 5.74. The summed E-state index contributed by atoms with van der Waals surface area (Å²) in [6.07, 6.45) is 1.77. The van der Waals surface area contributed by atoms with E-state index < -0.39 is 0 Å². The van der Waals surface area contributed by atoms with Crippen LogP contribution in [0.4, 0.5) is 5.69 Å². The SMILES string of the molecule is COc1cccc2[nH]cc(N)c12. The average molecular weight is 162 g/mol. The summed E-state index contributed by atoms with van der Waals surface area (Å²) in [6, 6.07) is 5.79. The largest absolute Gasteiger partial charge is 0.496 e. The minimum atomic E-state index is 0.724. The quantitative estimate of drug-likeness (QED) is 0.671. The van der Waals surface area contributed by atoms with Gasteiger partial charge in [-0.2, -0.15) is 0 Å². The van der Waals surface area contributed by atoms with Crippen LogP contribution in [0.2, 0.25) is 0 Å². The van der Waals surface area contributed by atoms with Gasteiger partial charge in [0.15, 0.2) is 0 Å². The summed E-state index contributed by atoms with van der Waals surface area (Å²) >= 11 is 0. The van der Waals surface area contributed by atoms with Gasteiger partial charge in [-0.15, -0.1) is 0 Å². The van der Waals surface area contributed by atoms with E-state index in [4.69, 9.17) is 10.5 Å². The lowest BCUT2D eigenvalue weighted by Gasteiger charge is -2.01. The topological polar surface area (TPSA) is 51.0 Å². The molecule has 2 aromatic rings. The van der Waals surface area contributed by atoms with Crippen LogP contribution in [-0.4, -0.2) is 12.1 Å².